The van der Waals surface area contributed by atoms with Gasteiger partial charge in [-0.25, -0.2) is 4.98 Å². The summed E-state index contributed by atoms with van der Waals surface area (Å²) in [6.45, 7) is 2.12. The standard InChI is InChI=1S/C13H16N6O2/c1-9-11(19(20)21)12(17-13(14)16-9)18(2)8-5-10-3-6-15-7-4-10/h3-4,6-7H,5,8H2,1-2H3,(H2,14,16,17). The SMILES string of the molecule is Cc1nc(N)nc(N(C)CCc2ccncc2)c1[N+](=O)[O-]. The summed E-state index contributed by atoms with van der Waals surface area (Å²) >= 11 is 0. The Hall–Kier alpha value is -2.77. The monoisotopic (exact) mass is 288 g/mol. The van der Waals surface area contributed by atoms with Crippen LogP contribution in [0.15, 0.2) is 24.5 Å². The van der Waals surface area contributed by atoms with Crippen molar-refractivity contribution in [2.75, 3.05) is 24.2 Å². The lowest BCUT2D eigenvalue weighted by molar-refractivity contribution is -0.385. The van der Waals surface area contributed by atoms with E-state index >= 15 is 0 Å². The highest BCUT2D eigenvalue weighted by atomic mass is 16.6. The number of nitrogen functional groups attached to an aromatic ring is 1. The quantitative estimate of drug-likeness (QED) is 0.652. The van der Waals surface area contributed by atoms with Gasteiger partial charge in [0.25, 0.3) is 0 Å². The molecule has 8 heteroatoms. The van der Waals surface area contributed by atoms with E-state index in [4.69, 9.17) is 5.73 Å². The molecule has 0 fully saturated rings. The van der Waals surface area contributed by atoms with E-state index in [-0.39, 0.29) is 23.1 Å². The molecule has 2 N–H and O–H groups in total. The van der Waals surface area contributed by atoms with E-state index in [1.54, 1.807) is 31.3 Å². The molecule has 2 aromatic rings. The summed E-state index contributed by atoms with van der Waals surface area (Å²) in [6, 6.07) is 3.81. The number of hydrogen-bond acceptors (Lipinski definition) is 7. The topological polar surface area (TPSA) is 111 Å². The number of anilines is 2. The summed E-state index contributed by atoms with van der Waals surface area (Å²) in [5, 5.41) is 11.2. The van der Waals surface area contributed by atoms with Gasteiger partial charge in [0.1, 0.15) is 5.69 Å². The van der Waals surface area contributed by atoms with Gasteiger partial charge >= 0.3 is 5.69 Å². The zero-order valence-electron chi connectivity index (χ0n) is 11.9. The Labute approximate surface area is 121 Å². The fraction of sp³-hybridized carbons (Fsp3) is 0.308. The maximum absolute atomic E-state index is 11.2. The molecule has 0 saturated carbocycles. The first-order chi connectivity index (χ1) is 9.99. The molecule has 110 valence electrons. The van der Waals surface area contributed by atoms with E-state index in [1.165, 1.54) is 0 Å². The summed E-state index contributed by atoms with van der Waals surface area (Å²) in [6.07, 6.45) is 4.15. The largest absolute Gasteiger partial charge is 0.368 e. The third-order valence-corrected chi connectivity index (χ3v) is 3.09. The van der Waals surface area contributed by atoms with Crippen molar-refractivity contribution < 1.29 is 4.92 Å². The minimum atomic E-state index is -0.479. The molecule has 0 radical (unpaired) electrons. The molecular weight excluding hydrogens is 272 g/mol. The van der Waals surface area contributed by atoms with Crippen LogP contribution < -0.4 is 10.6 Å². The van der Waals surface area contributed by atoms with Crippen LogP contribution in [0.5, 0.6) is 0 Å². The third kappa shape index (κ3) is 3.41. The fourth-order valence-electron chi connectivity index (χ4n) is 2.01. The number of nitrogens with zero attached hydrogens (tertiary/aromatic N) is 5. The summed E-state index contributed by atoms with van der Waals surface area (Å²) < 4.78 is 0. The Morgan fingerprint density at radius 2 is 2.00 bits per heavy atom. The summed E-state index contributed by atoms with van der Waals surface area (Å²) in [7, 11) is 1.75. The molecule has 0 amide bonds. The molecule has 21 heavy (non-hydrogen) atoms. The molecule has 0 aliphatic rings. The second-order valence-electron chi connectivity index (χ2n) is 4.62. The van der Waals surface area contributed by atoms with Gasteiger partial charge in [-0.05, 0) is 31.0 Å². The number of hydrogen-bond donors (Lipinski definition) is 1. The minimum absolute atomic E-state index is 0.0314. The van der Waals surface area contributed by atoms with E-state index in [9.17, 15) is 10.1 Å². The lowest BCUT2D eigenvalue weighted by Gasteiger charge is -2.18. The number of rotatable bonds is 5. The van der Waals surface area contributed by atoms with Crippen molar-refractivity contribution in [3.63, 3.8) is 0 Å². The van der Waals surface area contributed by atoms with Crippen LogP contribution >= 0.6 is 0 Å². The fourth-order valence-corrected chi connectivity index (χ4v) is 2.01. The Morgan fingerprint density at radius 3 is 2.62 bits per heavy atom. The van der Waals surface area contributed by atoms with Crippen LogP contribution in [-0.4, -0.2) is 33.5 Å². The molecule has 2 heterocycles. The summed E-state index contributed by atoms with van der Waals surface area (Å²) in [5.41, 5.74) is 6.84. The molecule has 0 spiro atoms. The van der Waals surface area contributed by atoms with Crippen LogP contribution in [0.3, 0.4) is 0 Å². The zero-order valence-corrected chi connectivity index (χ0v) is 11.9. The van der Waals surface area contributed by atoms with Crippen molar-refractivity contribution in [1.82, 2.24) is 15.0 Å². The molecule has 0 bridgehead atoms. The van der Waals surface area contributed by atoms with Gasteiger partial charge < -0.3 is 10.6 Å². The third-order valence-electron chi connectivity index (χ3n) is 3.09. The number of aryl methyl sites for hydroxylation is 1. The normalized spacial score (nSPS) is 10.4. The molecule has 2 aromatic heterocycles. The first-order valence-corrected chi connectivity index (χ1v) is 6.37. The van der Waals surface area contributed by atoms with Crippen LogP contribution in [-0.2, 0) is 6.42 Å². The van der Waals surface area contributed by atoms with E-state index < -0.39 is 4.92 Å². The second-order valence-corrected chi connectivity index (χ2v) is 4.62. The van der Waals surface area contributed by atoms with E-state index in [0.717, 1.165) is 12.0 Å². The number of nitro groups is 1. The van der Waals surface area contributed by atoms with Crippen LogP contribution in [0.4, 0.5) is 17.5 Å². The van der Waals surface area contributed by atoms with E-state index in [0.29, 0.717) is 6.54 Å². The predicted octanol–water partition coefficient (Wildman–Crippen LogP) is 1.35. The van der Waals surface area contributed by atoms with Gasteiger partial charge in [0.2, 0.25) is 11.8 Å². The molecule has 2 rings (SSSR count). The van der Waals surface area contributed by atoms with Gasteiger partial charge in [-0.2, -0.15) is 4.98 Å². The van der Waals surface area contributed by atoms with Crippen LogP contribution in [0.2, 0.25) is 0 Å². The van der Waals surface area contributed by atoms with Crippen LogP contribution in [0.1, 0.15) is 11.3 Å². The average Bonchev–Trinajstić information content (AvgIpc) is 2.44. The molecule has 8 nitrogen and oxygen atoms in total. The van der Waals surface area contributed by atoms with Gasteiger partial charge in [0, 0.05) is 26.0 Å². The van der Waals surface area contributed by atoms with E-state index in [1.807, 2.05) is 12.1 Å². The highest BCUT2D eigenvalue weighted by molar-refractivity contribution is 5.61. The van der Waals surface area contributed by atoms with Crippen LogP contribution in [0, 0.1) is 17.0 Å². The Kier molecular flexibility index (Phi) is 4.27. The van der Waals surface area contributed by atoms with Crippen molar-refractivity contribution in [3.05, 3.63) is 45.9 Å². The molecule has 0 aliphatic heterocycles. The molecule has 0 unspecified atom stereocenters. The lowest BCUT2D eigenvalue weighted by atomic mass is 10.2. The van der Waals surface area contributed by atoms with Gasteiger partial charge in [0.15, 0.2) is 0 Å². The Balaban J connectivity index is 2.22. The lowest BCUT2D eigenvalue weighted by Crippen LogP contribution is -2.23. The molecular formula is C13H16N6O2. The first-order valence-electron chi connectivity index (χ1n) is 6.37. The van der Waals surface area contributed by atoms with E-state index in [2.05, 4.69) is 15.0 Å². The van der Waals surface area contributed by atoms with Gasteiger partial charge in [-0.15, -0.1) is 0 Å². The predicted molar refractivity (Wildman–Crippen MR) is 79.0 cm³/mol. The number of nitrogens with two attached hydrogens (primary N) is 1. The second kappa shape index (κ2) is 6.12. The average molecular weight is 288 g/mol. The summed E-state index contributed by atoms with van der Waals surface area (Å²) in [5.74, 6) is 0.267. The maximum atomic E-state index is 11.2. The van der Waals surface area contributed by atoms with Crippen molar-refractivity contribution in [2.45, 2.75) is 13.3 Å². The molecule has 0 aliphatic carbocycles. The number of likely N-dealkylation sites (N-methyl/N-ethyl adjacent to an activating group) is 1. The van der Waals surface area contributed by atoms with Crippen molar-refractivity contribution in [2.24, 2.45) is 0 Å². The highest BCUT2D eigenvalue weighted by Gasteiger charge is 2.24. The van der Waals surface area contributed by atoms with Crippen molar-refractivity contribution in [1.29, 1.82) is 0 Å². The van der Waals surface area contributed by atoms with Crippen molar-refractivity contribution in [3.8, 4) is 0 Å². The smallest absolute Gasteiger partial charge is 0.332 e. The van der Waals surface area contributed by atoms with Gasteiger partial charge in [-0.3, -0.25) is 15.1 Å². The van der Waals surface area contributed by atoms with Crippen molar-refractivity contribution >= 4 is 17.5 Å². The molecule has 0 atom stereocenters. The molecule has 0 saturated heterocycles. The zero-order chi connectivity index (χ0) is 15.4. The Morgan fingerprint density at radius 1 is 1.33 bits per heavy atom. The highest BCUT2D eigenvalue weighted by Crippen LogP contribution is 2.28. The van der Waals surface area contributed by atoms with Gasteiger partial charge in [-0.1, -0.05) is 0 Å². The summed E-state index contributed by atoms with van der Waals surface area (Å²) in [4.78, 5) is 24.2. The van der Waals surface area contributed by atoms with Crippen LogP contribution in [0.25, 0.3) is 0 Å². The number of pyridine rings is 1. The minimum Gasteiger partial charge on any atom is -0.368 e. The first kappa shape index (κ1) is 14.6. The molecule has 0 aromatic carbocycles. The Bertz CT molecular complexity index is 647. The maximum Gasteiger partial charge on any atom is 0.332 e. The number of aromatic nitrogens is 3. The van der Waals surface area contributed by atoms with Gasteiger partial charge in [0.05, 0.1) is 4.92 Å².